The lowest BCUT2D eigenvalue weighted by Crippen LogP contribution is -2.33. The van der Waals surface area contributed by atoms with Crippen molar-refractivity contribution >= 4 is 23.2 Å². The number of carboxylic acids is 1. The molecule has 3 rings (SSSR count). The first-order valence-electron chi connectivity index (χ1n) is 7.95. The van der Waals surface area contributed by atoms with Crippen LogP contribution in [0.1, 0.15) is 30.3 Å². The number of hydrogen-bond donors (Lipinski definition) is 2. The summed E-state index contributed by atoms with van der Waals surface area (Å²) in [7, 11) is 0. The monoisotopic (exact) mass is 362 g/mol. The van der Waals surface area contributed by atoms with E-state index in [1.54, 1.807) is 11.4 Å². The topological polar surface area (TPSA) is 97.8 Å². The van der Waals surface area contributed by atoms with Crippen LogP contribution in [0.3, 0.4) is 0 Å². The van der Waals surface area contributed by atoms with Gasteiger partial charge < -0.3 is 19.9 Å². The fourth-order valence-electron chi connectivity index (χ4n) is 2.51. The number of rotatable bonds is 7. The van der Waals surface area contributed by atoms with Crippen molar-refractivity contribution in [2.75, 3.05) is 13.3 Å². The number of aliphatic carboxylic acids is 1. The van der Waals surface area contributed by atoms with Crippen molar-refractivity contribution in [2.24, 2.45) is 5.92 Å². The van der Waals surface area contributed by atoms with E-state index in [0.717, 1.165) is 12.0 Å². The summed E-state index contributed by atoms with van der Waals surface area (Å²) in [5.74, 6) is -0.510. The highest BCUT2D eigenvalue weighted by Crippen LogP contribution is 2.36. The zero-order valence-electron chi connectivity index (χ0n) is 13.7. The van der Waals surface area contributed by atoms with Gasteiger partial charge in [-0.3, -0.25) is 9.59 Å². The first-order valence-corrected chi connectivity index (χ1v) is 8.83. The Labute approximate surface area is 148 Å². The third-order valence-corrected chi connectivity index (χ3v) is 4.74. The molecule has 2 aromatic rings. The molecule has 0 radical (unpaired) electrons. The smallest absolute Gasteiger partial charge is 0.308 e. The van der Waals surface area contributed by atoms with Crippen LogP contribution in [0.4, 0.5) is 0 Å². The second-order valence-electron chi connectivity index (χ2n) is 5.64. The number of ether oxygens (including phenoxy) is 2. The number of nitrogens with zero attached hydrogens (tertiary/aromatic N) is 1. The van der Waals surface area contributed by atoms with E-state index in [9.17, 15) is 9.59 Å². The summed E-state index contributed by atoms with van der Waals surface area (Å²) in [4.78, 5) is 27.7. The Morgan fingerprint density at radius 1 is 1.36 bits per heavy atom. The van der Waals surface area contributed by atoms with Gasteiger partial charge in [-0.05, 0) is 24.6 Å². The minimum atomic E-state index is -0.901. The highest BCUT2D eigenvalue weighted by Gasteiger charge is 2.20. The van der Waals surface area contributed by atoms with Gasteiger partial charge >= 0.3 is 5.97 Å². The van der Waals surface area contributed by atoms with Crippen LogP contribution < -0.4 is 14.8 Å². The maximum Gasteiger partial charge on any atom is 0.308 e. The van der Waals surface area contributed by atoms with Gasteiger partial charge in [0, 0.05) is 17.5 Å². The number of benzene rings is 1. The van der Waals surface area contributed by atoms with Crippen LogP contribution in [0.15, 0.2) is 23.6 Å². The number of nitrogens with one attached hydrogen (secondary N) is 1. The molecule has 1 aromatic carbocycles. The second-order valence-corrected chi connectivity index (χ2v) is 6.50. The van der Waals surface area contributed by atoms with E-state index in [1.165, 1.54) is 11.3 Å². The first-order chi connectivity index (χ1) is 12.1. The fourth-order valence-corrected chi connectivity index (χ4v) is 3.31. The number of amides is 1. The van der Waals surface area contributed by atoms with Crippen LogP contribution in [0.25, 0.3) is 10.6 Å². The summed E-state index contributed by atoms with van der Waals surface area (Å²) in [6.07, 6.45) is 1.27. The predicted molar refractivity (Wildman–Crippen MR) is 92.0 cm³/mol. The Kier molecular flexibility index (Phi) is 5.18. The van der Waals surface area contributed by atoms with E-state index in [2.05, 4.69) is 10.3 Å². The molecule has 1 unspecified atom stereocenters. The summed E-state index contributed by atoms with van der Waals surface area (Å²) in [6.45, 7) is 2.21. The largest absolute Gasteiger partial charge is 0.481 e. The highest BCUT2D eigenvalue weighted by atomic mass is 32.1. The Bertz CT molecular complexity index is 789. The van der Waals surface area contributed by atoms with Gasteiger partial charge in [0.15, 0.2) is 11.5 Å². The Balaban J connectivity index is 1.66. The average molecular weight is 362 g/mol. The minimum absolute atomic E-state index is 0.0961. The average Bonchev–Trinajstić information content (AvgIpc) is 3.26. The number of aromatic nitrogens is 1. The van der Waals surface area contributed by atoms with E-state index in [-0.39, 0.29) is 24.9 Å². The molecule has 25 heavy (non-hydrogen) atoms. The lowest BCUT2D eigenvalue weighted by atomic mass is 10.0. The van der Waals surface area contributed by atoms with Gasteiger partial charge in [0.2, 0.25) is 6.79 Å². The molecule has 1 atom stereocenters. The highest BCUT2D eigenvalue weighted by molar-refractivity contribution is 7.13. The Hall–Kier alpha value is -2.61. The van der Waals surface area contributed by atoms with Crippen molar-refractivity contribution in [3.05, 3.63) is 29.3 Å². The van der Waals surface area contributed by atoms with E-state index in [4.69, 9.17) is 14.6 Å². The summed E-state index contributed by atoms with van der Waals surface area (Å²) in [5, 5.41) is 14.1. The van der Waals surface area contributed by atoms with Crippen LogP contribution in [-0.2, 0) is 4.79 Å². The lowest BCUT2D eigenvalue weighted by Gasteiger charge is -2.11. The third kappa shape index (κ3) is 3.90. The Morgan fingerprint density at radius 2 is 2.16 bits per heavy atom. The van der Waals surface area contributed by atoms with Crippen molar-refractivity contribution in [3.8, 4) is 22.1 Å². The number of carbonyl (C=O) groups excluding carboxylic acids is 1. The summed E-state index contributed by atoms with van der Waals surface area (Å²) in [5.41, 5.74) is 1.11. The minimum Gasteiger partial charge on any atom is -0.481 e. The summed E-state index contributed by atoms with van der Waals surface area (Å²) in [6, 6.07) is 5.49. The predicted octanol–water partition coefficient (Wildman–Crippen LogP) is 2.77. The molecule has 1 aliphatic rings. The zero-order chi connectivity index (χ0) is 17.8. The van der Waals surface area contributed by atoms with Gasteiger partial charge in [0.25, 0.3) is 5.91 Å². The molecule has 0 aliphatic carbocycles. The van der Waals surface area contributed by atoms with Gasteiger partial charge in [0.05, 0.1) is 5.92 Å². The van der Waals surface area contributed by atoms with E-state index in [1.807, 2.05) is 19.1 Å². The van der Waals surface area contributed by atoms with Crippen LogP contribution in [0, 0.1) is 5.92 Å². The van der Waals surface area contributed by atoms with Crippen LogP contribution in [0.2, 0.25) is 0 Å². The van der Waals surface area contributed by atoms with Gasteiger partial charge in [-0.15, -0.1) is 11.3 Å². The number of fused-ring (bicyclic) bond motifs is 1. The van der Waals surface area contributed by atoms with Crippen molar-refractivity contribution < 1.29 is 24.2 Å². The van der Waals surface area contributed by atoms with Crippen LogP contribution >= 0.6 is 11.3 Å². The molecule has 1 aromatic heterocycles. The SMILES string of the molecule is CCCC(CNC(=O)c1csc(-c2ccc3c(c2)OCO3)n1)C(=O)O. The van der Waals surface area contributed by atoms with Crippen molar-refractivity contribution in [2.45, 2.75) is 19.8 Å². The third-order valence-electron chi connectivity index (χ3n) is 3.85. The van der Waals surface area contributed by atoms with Crippen molar-refractivity contribution in [3.63, 3.8) is 0 Å². The van der Waals surface area contributed by atoms with Gasteiger partial charge in [-0.2, -0.15) is 0 Å². The molecule has 2 N–H and O–H groups in total. The normalized spacial score (nSPS) is 13.5. The quantitative estimate of drug-likeness (QED) is 0.786. The fraction of sp³-hybridized carbons (Fsp3) is 0.353. The van der Waals surface area contributed by atoms with Crippen LogP contribution in [0.5, 0.6) is 11.5 Å². The molecule has 2 heterocycles. The molecule has 8 heteroatoms. The number of thiazole rings is 1. The van der Waals surface area contributed by atoms with E-state index >= 15 is 0 Å². The molecule has 0 fully saturated rings. The van der Waals surface area contributed by atoms with Gasteiger partial charge in [-0.1, -0.05) is 13.3 Å². The molecule has 1 aliphatic heterocycles. The first kappa shape index (κ1) is 17.2. The standard InChI is InChI=1S/C17H18N2O5S/c1-2-3-11(17(21)22)7-18-15(20)12-8-25-16(19-12)10-4-5-13-14(6-10)24-9-23-13/h4-6,8,11H,2-3,7,9H2,1H3,(H,18,20)(H,21,22). The maximum atomic E-state index is 12.2. The van der Waals surface area contributed by atoms with E-state index in [0.29, 0.717) is 22.9 Å². The molecule has 0 saturated heterocycles. The lowest BCUT2D eigenvalue weighted by molar-refractivity contribution is -0.141. The zero-order valence-corrected chi connectivity index (χ0v) is 14.5. The second kappa shape index (κ2) is 7.52. The molecule has 0 saturated carbocycles. The van der Waals surface area contributed by atoms with Crippen molar-refractivity contribution in [1.29, 1.82) is 0 Å². The summed E-state index contributed by atoms with van der Waals surface area (Å²) < 4.78 is 10.6. The molecule has 132 valence electrons. The maximum absolute atomic E-state index is 12.2. The molecule has 0 spiro atoms. The van der Waals surface area contributed by atoms with Crippen LogP contribution in [-0.4, -0.2) is 35.3 Å². The molecule has 7 nitrogen and oxygen atoms in total. The number of carbonyl (C=O) groups is 2. The molecule has 0 bridgehead atoms. The molecular formula is C17H18N2O5S. The van der Waals surface area contributed by atoms with Gasteiger partial charge in [0.1, 0.15) is 10.7 Å². The molecular weight excluding hydrogens is 344 g/mol. The number of hydrogen-bond acceptors (Lipinski definition) is 6. The Morgan fingerprint density at radius 3 is 2.92 bits per heavy atom. The summed E-state index contributed by atoms with van der Waals surface area (Å²) >= 11 is 1.34. The van der Waals surface area contributed by atoms with Gasteiger partial charge in [-0.25, -0.2) is 4.98 Å². The van der Waals surface area contributed by atoms with E-state index < -0.39 is 11.9 Å². The molecule has 1 amide bonds. The number of carboxylic acid groups (broad SMARTS) is 1. The van der Waals surface area contributed by atoms with Crippen molar-refractivity contribution in [1.82, 2.24) is 10.3 Å².